The van der Waals surface area contributed by atoms with E-state index < -0.39 is 0 Å². The number of aryl methyl sites for hydroxylation is 1. The fraction of sp³-hybridized carbons (Fsp3) is 0.600. The van der Waals surface area contributed by atoms with Crippen LogP contribution in [0.1, 0.15) is 25.1 Å². The molecule has 1 amide bonds. The molecule has 0 bridgehead atoms. The number of nitrogens with zero attached hydrogens (tertiary/aromatic N) is 2. The van der Waals surface area contributed by atoms with Gasteiger partial charge in [0.1, 0.15) is 6.04 Å². The Morgan fingerprint density at radius 1 is 1.67 bits per heavy atom. The van der Waals surface area contributed by atoms with Crippen molar-refractivity contribution in [3.8, 4) is 0 Å². The second-order valence-corrected chi connectivity index (χ2v) is 4.26. The van der Waals surface area contributed by atoms with E-state index >= 15 is 0 Å². The first-order valence-corrected chi connectivity index (χ1v) is 5.59. The topological polar surface area (TPSA) is 41.0 Å². The highest BCUT2D eigenvalue weighted by Gasteiger charge is 2.31. The predicted octanol–water partition coefficient (Wildman–Crippen LogP) is 1.51. The lowest BCUT2D eigenvalue weighted by Gasteiger charge is -2.14. The maximum atomic E-state index is 11.9. The van der Waals surface area contributed by atoms with E-state index in [1.54, 1.807) is 4.90 Å². The van der Waals surface area contributed by atoms with Gasteiger partial charge in [-0.3, -0.25) is 4.79 Å². The summed E-state index contributed by atoms with van der Waals surface area (Å²) in [7, 11) is 1.84. The van der Waals surface area contributed by atoms with E-state index in [2.05, 4.69) is 11.9 Å². The molecular weight excluding hydrogens is 210 g/mol. The number of hydrogen-bond donors (Lipinski definition) is 1. The molecule has 0 spiro atoms. The van der Waals surface area contributed by atoms with Crippen LogP contribution in [0.3, 0.4) is 0 Å². The molecule has 1 atom stereocenters. The molecule has 15 heavy (non-hydrogen) atoms. The molecule has 0 radical (unpaired) electrons. The fourth-order valence-corrected chi connectivity index (χ4v) is 2.38. The second kappa shape index (κ2) is 3.81. The average molecular weight is 225 g/mol. The minimum Gasteiger partial charge on any atom is -0.344 e. The fourth-order valence-electron chi connectivity index (χ4n) is 2.07. The van der Waals surface area contributed by atoms with E-state index in [4.69, 9.17) is 12.2 Å². The number of likely N-dealkylation sites (tertiary alicyclic amines) is 1. The molecule has 1 aromatic heterocycles. The van der Waals surface area contributed by atoms with Gasteiger partial charge < -0.3 is 14.5 Å². The second-order valence-electron chi connectivity index (χ2n) is 3.87. The Morgan fingerprint density at radius 2 is 2.40 bits per heavy atom. The van der Waals surface area contributed by atoms with Crippen molar-refractivity contribution < 1.29 is 4.79 Å². The Kier molecular flexibility index (Phi) is 2.65. The number of imidazole rings is 1. The van der Waals surface area contributed by atoms with Crippen molar-refractivity contribution in [3.63, 3.8) is 0 Å². The summed E-state index contributed by atoms with van der Waals surface area (Å²) < 4.78 is 2.61. The zero-order valence-corrected chi connectivity index (χ0v) is 9.80. The van der Waals surface area contributed by atoms with E-state index in [9.17, 15) is 4.79 Å². The van der Waals surface area contributed by atoms with Crippen LogP contribution in [0.15, 0.2) is 6.20 Å². The average Bonchev–Trinajstić information content (AvgIpc) is 2.73. The Hall–Kier alpha value is -1.10. The summed E-state index contributed by atoms with van der Waals surface area (Å²) in [5.41, 5.74) is 1.11. The van der Waals surface area contributed by atoms with Crippen molar-refractivity contribution in [3.05, 3.63) is 16.7 Å². The van der Waals surface area contributed by atoms with E-state index in [-0.39, 0.29) is 11.9 Å². The van der Waals surface area contributed by atoms with Crippen molar-refractivity contribution >= 4 is 18.1 Å². The maximum Gasteiger partial charge on any atom is 0.245 e. The van der Waals surface area contributed by atoms with Gasteiger partial charge in [0.05, 0.1) is 0 Å². The molecule has 82 valence electrons. The zero-order chi connectivity index (χ0) is 11.0. The number of carbonyl (C=O) groups excluding carboxylic acids is 1. The standard InChI is InChI=1S/C10H15N3OS/c1-3-7-6-11-10(15)13(7)8-4-5-12(2)9(8)14/h6,8H,3-5H2,1-2H3,(H,11,15). The summed E-state index contributed by atoms with van der Waals surface area (Å²) in [4.78, 5) is 16.6. The van der Waals surface area contributed by atoms with Gasteiger partial charge in [0, 0.05) is 25.5 Å². The number of rotatable bonds is 2. The first-order chi connectivity index (χ1) is 7.15. The molecule has 0 saturated carbocycles. The molecule has 0 aromatic carbocycles. The van der Waals surface area contributed by atoms with Crippen LogP contribution in [0.25, 0.3) is 0 Å². The Morgan fingerprint density at radius 3 is 2.93 bits per heavy atom. The number of hydrogen-bond acceptors (Lipinski definition) is 2. The quantitative estimate of drug-likeness (QED) is 0.775. The monoisotopic (exact) mass is 225 g/mol. The normalized spacial score (nSPS) is 21.3. The van der Waals surface area contributed by atoms with E-state index in [0.717, 1.165) is 25.1 Å². The van der Waals surface area contributed by atoms with Crippen LogP contribution in [0.2, 0.25) is 0 Å². The van der Waals surface area contributed by atoms with Crippen LogP contribution in [-0.4, -0.2) is 34.0 Å². The predicted molar refractivity (Wildman–Crippen MR) is 60.3 cm³/mol. The van der Waals surface area contributed by atoms with Crippen LogP contribution >= 0.6 is 12.2 Å². The smallest absolute Gasteiger partial charge is 0.245 e. The number of carbonyl (C=O) groups is 1. The molecule has 1 N–H and O–H groups in total. The summed E-state index contributed by atoms with van der Waals surface area (Å²) in [5.74, 6) is 0.167. The molecule has 1 saturated heterocycles. The van der Waals surface area contributed by atoms with Gasteiger partial charge in [-0.1, -0.05) is 6.92 Å². The van der Waals surface area contributed by atoms with Gasteiger partial charge >= 0.3 is 0 Å². The summed E-state index contributed by atoms with van der Waals surface area (Å²) in [5, 5.41) is 0. The molecule has 1 aliphatic heterocycles. The number of aromatic amines is 1. The lowest BCUT2D eigenvalue weighted by Crippen LogP contribution is -2.25. The highest BCUT2D eigenvalue weighted by Crippen LogP contribution is 2.24. The van der Waals surface area contributed by atoms with E-state index in [1.165, 1.54) is 0 Å². The zero-order valence-electron chi connectivity index (χ0n) is 8.99. The first kappa shape index (κ1) is 10.4. The highest BCUT2D eigenvalue weighted by atomic mass is 32.1. The summed E-state index contributed by atoms with van der Waals surface area (Å²) >= 11 is 5.20. The molecule has 4 nitrogen and oxygen atoms in total. The largest absolute Gasteiger partial charge is 0.344 e. The molecule has 5 heteroatoms. The highest BCUT2D eigenvalue weighted by molar-refractivity contribution is 7.71. The summed E-state index contributed by atoms with van der Waals surface area (Å²) in [6.45, 7) is 2.89. The van der Waals surface area contributed by atoms with Gasteiger partial charge in [0.15, 0.2) is 4.77 Å². The third kappa shape index (κ3) is 1.61. The first-order valence-electron chi connectivity index (χ1n) is 5.19. The van der Waals surface area contributed by atoms with Gasteiger partial charge in [0.25, 0.3) is 0 Å². The van der Waals surface area contributed by atoms with Gasteiger partial charge in [0.2, 0.25) is 5.91 Å². The van der Waals surface area contributed by atoms with Gasteiger partial charge in [-0.05, 0) is 25.1 Å². The number of likely N-dealkylation sites (N-methyl/N-ethyl adjacent to an activating group) is 1. The lowest BCUT2D eigenvalue weighted by atomic mass is 10.2. The van der Waals surface area contributed by atoms with Crippen molar-refractivity contribution in [2.24, 2.45) is 0 Å². The Labute approximate surface area is 93.9 Å². The lowest BCUT2D eigenvalue weighted by molar-refractivity contribution is -0.129. The Balaban J connectivity index is 2.41. The van der Waals surface area contributed by atoms with Crippen LogP contribution in [-0.2, 0) is 11.2 Å². The van der Waals surface area contributed by atoms with Crippen molar-refractivity contribution in [1.29, 1.82) is 0 Å². The minimum absolute atomic E-state index is 0.0938. The third-order valence-electron chi connectivity index (χ3n) is 2.96. The molecule has 0 aliphatic carbocycles. The molecule has 1 aliphatic rings. The van der Waals surface area contributed by atoms with Gasteiger partial charge in [-0.15, -0.1) is 0 Å². The summed E-state index contributed by atoms with van der Waals surface area (Å²) in [6.07, 6.45) is 3.64. The molecular formula is C10H15N3OS. The van der Waals surface area contributed by atoms with E-state index in [0.29, 0.717) is 4.77 Å². The third-order valence-corrected chi connectivity index (χ3v) is 3.28. The number of aromatic nitrogens is 2. The maximum absolute atomic E-state index is 11.9. The van der Waals surface area contributed by atoms with Crippen molar-refractivity contribution in [1.82, 2.24) is 14.5 Å². The van der Waals surface area contributed by atoms with Gasteiger partial charge in [-0.25, -0.2) is 0 Å². The Bertz CT molecular complexity index is 434. The summed E-state index contributed by atoms with van der Waals surface area (Å²) in [6, 6.07) is -0.0938. The molecule has 2 heterocycles. The van der Waals surface area contributed by atoms with Crippen molar-refractivity contribution in [2.75, 3.05) is 13.6 Å². The number of amides is 1. The van der Waals surface area contributed by atoms with Crippen LogP contribution in [0.5, 0.6) is 0 Å². The molecule has 1 unspecified atom stereocenters. The molecule has 2 rings (SSSR count). The van der Waals surface area contributed by atoms with Crippen LogP contribution < -0.4 is 0 Å². The molecule has 1 fully saturated rings. The van der Waals surface area contributed by atoms with E-state index in [1.807, 2.05) is 17.8 Å². The number of H-pyrrole nitrogens is 1. The van der Waals surface area contributed by atoms with Crippen LogP contribution in [0, 0.1) is 4.77 Å². The SMILES string of the molecule is CCc1c[nH]c(=S)n1C1CCN(C)C1=O. The van der Waals surface area contributed by atoms with Crippen molar-refractivity contribution in [2.45, 2.75) is 25.8 Å². The molecule has 1 aromatic rings. The minimum atomic E-state index is -0.0938. The van der Waals surface area contributed by atoms with Crippen LogP contribution in [0.4, 0.5) is 0 Å². The van der Waals surface area contributed by atoms with Gasteiger partial charge in [-0.2, -0.15) is 0 Å². The number of nitrogens with one attached hydrogen (secondary N) is 1.